The van der Waals surface area contributed by atoms with Crippen LogP contribution in [0.5, 0.6) is 0 Å². The number of nitrogens with zero attached hydrogens (tertiary/aromatic N) is 5. The fourth-order valence-electron chi connectivity index (χ4n) is 5.99. The Balaban J connectivity index is 1.53. The van der Waals surface area contributed by atoms with E-state index in [1.54, 1.807) is 18.6 Å². The molecule has 0 amide bonds. The molecule has 7 heteroatoms. The monoisotopic (exact) mass is 441 g/mol. The van der Waals surface area contributed by atoms with Crippen LogP contribution in [-0.2, 0) is 5.41 Å². The molecule has 164 valence electrons. The van der Waals surface area contributed by atoms with Crippen molar-refractivity contribution in [3.8, 4) is 22.6 Å². The van der Waals surface area contributed by atoms with Crippen molar-refractivity contribution in [2.45, 2.75) is 38.0 Å². The van der Waals surface area contributed by atoms with E-state index in [4.69, 9.17) is 4.98 Å². The molecule has 0 saturated heterocycles. The minimum Gasteiger partial charge on any atom is -0.264 e. The number of pyridine rings is 1. The second-order valence-corrected chi connectivity index (χ2v) is 9.36. The molecule has 3 heterocycles. The Morgan fingerprint density at radius 3 is 2.55 bits per heavy atom. The number of fused-ring (bicyclic) bond motifs is 5. The standard InChI is InChI=1S/C26H21F2N5/c1-25(2)17-8-10-26(25,21-9-12-30-24(31-21)15-5-4-11-29-14-15)23-16(17)13-20(32-33-23)22-18(27)6-3-7-19(22)28/h3-7,9,11-14,17H,8,10H2,1-2H3/t17-,26+/m0/s1. The highest BCUT2D eigenvalue weighted by Gasteiger charge is 2.65. The minimum atomic E-state index is -0.640. The van der Waals surface area contributed by atoms with Gasteiger partial charge in [0.1, 0.15) is 11.6 Å². The first-order valence-electron chi connectivity index (χ1n) is 11.0. The highest BCUT2D eigenvalue weighted by atomic mass is 19.1. The molecule has 4 aromatic rings. The number of halogens is 2. The smallest absolute Gasteiger partial charge is 0.160 e. The van der Waals surface area contributed by atoms with Crippen molar-refractivity contribution in [1.82, 2.24) is 25.1 Å². The molecule has 0 unspecified atom stereocenters. The highest BCUT2D eigenvalue weighted by molar-refractivity contribution is 5.64. The normalized spacial score (nSPS) is 22.4. The van der Waals surface area contributed by atoms with Gasteiger partial charge in [0.05, 0.1) is 28.1 Å². The summed E-state index contributed by atoms with van der Waals surface area (Å²) in [5, 5.41) is 8.89. The molecule has 2 aliphatic rings. The maximum absolute atomic E-state index is 14.4. The average Bonchev–Trinajstić information content (AvgIpc) is 3.21. The Kier molecular flexibility index (Phi) is 4.21. The van der Waals surface area contributed by atoms with Gasteiger partial charge < -0.3 is 0 Å². The van der Waals surface area contributed by atoms with Gasteiger partial charge in [-0.15, -0.1) is 5.10 Å². The van der Waals surface area contributed by atoms with Crippen LogP contribution in [0.2, 0.25) is 0 Å². The SMILES string of the molecule is CC1(C)[C@H]2CC[C@@]1(c1ccnc(-c3cccnc3)n1)c1nnc(-c3c(F)cccc3F)cc12. The first-order valence-corrected chi connectivity index (χ1v) is 11.0. The zero-order valence-electron chi connectivity index (χ0n) is 18.3. The third-order valence-corrected chi connectivity index (χ3v) is 7.61. The van der Waals surface area contributed by atoms with E-state index in [-0.39, 0.29) is 22.6 Å². The van der Waals surface area contributed by atoms with Crippen LogP contribution in [0.15, 0.2) is 61.1 Å². The third-order valence-electron chi connectivity index (χ3n) is 7.61. The minimum absolute atomic E-state index is 0.136. The molecule has 2 atom stereocenters. The van der Waals surface area contributed by atoms with E-state index in [0.29, 0.717) is 5.82 Å². The number of hydrogen-bond acceptors (Lipinski definition) is 5. The van der Waals surface area contributed by atoms with Crippen LogP contribution in [0.1, 0.15) is 49.6 Å². The zero-order valence-corrected chi connectivity index (χ0v) is 18.3. The molecular formula is C26H21F2N5. The third kappa shape index (κ3) is 2.65. The first kappa shape index (κ1) is 20.0. The van der Waals surface area contributed by atoms with Gasteiger partial charge in [-0.2, -0.15) is 5.10 Å². The number of rotatable bonds is 3. The van der Waals surface area contributed by atoms with Gasteiger partial charge in [-0.25, -0.2) is 18.7 Å². The summed E-state index contributed by atoms with van der Waals surface area (Å²) >= 11 is 0. The fourth-order valence-corrected chi connectivity index (χ4v) is 5.99. The molecule has 1 fully saturated rings. The Morgan fingerprint density at radius 1 is 0.970 bits per heavy atom. The lowest BCUT2D eigenvalue weighted by molar-refractivity contribution is 0.243. The molecule has 0 radical (unpaired) electrons. The molecule has 33 heavy (non-hydrogen) atoms. The lowest BCUT2D eigenvalue weighted by Crippen LogP contribution is -2.38. The second-order valence-electron chi connectivity index (χ2n) is 9.36. The van der Waals surface area contributed by atoms with E-state index in [2.05, 4.69) is 34.0 Å². The molecule has 0 N–H and O–H groups in total. The van der Waals surface area contributed by atoms with Crippen LogP contribution in [0, 0.1) is 17.0 Å². The molecular weight excluding hydrogens is 420 g/mol. The van der Waals surface area contributed by atoms with Crippen LogP contribution in [0.4, 0.5) is 8.78 Å². The quantitative estimate of drug-likeness (QED) is 0.421. The van der Waals surface area contributed by atoms with Gasteiger partial charge in [0.25, 0.3) is 0 Å². The van der Waals surface area contributed by atoms with Gasteiger partial charge in [0, 0.05) is 24.2 Å². The van der Waals surface area contributed by atoms with E-state index in [0.717, 1.165) is 35.4 Å². The van der Waals surface area contributed by atoms with Gasteiger partial charge in [-0.1, -0.05) is 19.9 Å². The summed E-state index contributed by atoms with van der Waals surface area (Å²) in [6.45, 7) is 4.45. The van der Waals surface area contributed by atoms with Gasteiger partial charge >= 0.3 is 0 Å². The van der Waals surface area contributed by atoms with Crippen LogP contribution < -0.4 is 0 Å². The molecule has 0 aliphatic heterocycles. The van der Waals surface area contributed by atoms with Crippen LogP contribution in [0.3, 0.4) is 0 Å². The maximum atomic E-state index is 14.4. The fraction of sp³-hybridized carbons (Fsp3) is 0.269. The molecule has 1 aromatic carbocycles. The van der Waals surface area contributed by atoms with Crippen LogP contribution in [-0.4, -0.2) is 25.1 Å². The first-order chi connectivity index (χ1) is 15.9. The molecule has 3 aromatic heterocycles. The van der Waals surface area contributed by atoms with Gasteiger partial charge in [0.15, 0.2) is 5.82 Å². The van der Waals surface area contributed by atoms with Crippen molar-refractivity contribution in [2.24, 2.45) is 5.41 Å². The van der Waals surface area contributed by atoms with Crippen molar-refractivity contribution in [1.29, 1.82) is 0 Å². The summed E-state index contributed by atoms with van der Waals surface area (Å²) in [5.74, 6) is -0.481. The molecule has 1 saturated carbocycles. The van der Waals surface area contributed by atoms with E-state index in [1.165, 1.54) is 18.2 Å². The lowest BCUT2D eigenvalue weighted by Gasteiger charge is -2.37. The number of hydrogen-bond donors (Lipinski definition) is 0. The van der Waals surface area contributed by atoms with Crippen LogP contribution in [0.25, 0.3) is 22.6 Å². The zero-order chi connectivity index (χ0) is 22.8. The highest BCUT2D eigenvalue weighted by Crippen LogP contribution is 2.69. The van der Waals surface area contributed by atoms with Crippen molar-refractivity contribution in [3.05, 3.63) is 89.6 Å². The number of aromatic nitrogens is 5. The largest absolute Gasteiger partial charge is 0.264 e. The Morgan fingerprint density at radius 2 is 1.79 bits per heavy atom. The van der Waals surface area contributed by atoms with E-state index in [1.807, 2.05) is 24.3 Å². The van der Waals surface area contributed by atoms with Crippen LogP contribution >= 0.6 is 0 Å². The van der Waals surface area contributed by atoms with Crippen molar-refractivity contribution in [3.63, 3.8) is 0 Å². The van der Waals surface area contributed by atoms with Gasteiger partial charge in [0.2, 0.25) is 0 Å². The topological polar surface area (TPSA) is 64.5 Å². The molecule has 0 spiro atoms. The van der Waals surface area contributed by atoms with E-state index >= 15 is 0 Å². The Bertz CT molecular complexity index is 1370. The summed E-state index contributed by atoms with van der Waals surface area (Å²) < 4.78 is 28.9. The summed E-state index contributed by atoms with van der Waals surface area (Å²) in [6.07, 6.45) is 7.06. The lowest BCUT2D eigenvalue weighted by atomic mass is 9.66. The molecule has 2 aliphatic carbocycles. The van der Waals surface area contributed by atoms with Gasteiger partial charge in [-0.3, -0.25) is 4.98 Å². The van der Waals surface area contributed by atoms with Gasteiger partial charge in [-0.05, 0) is 66.1 Å². The van der Waals surface area contributed by atoms with Crippen molar-refractivity contribution >= 4 is 0 Å². The Hall–Kier alpha value is -3.61. The van der Waals surface area contributed by atoms with Crippen molar-refractivity contribution in [2.75, 3.05) is 0 Å². The summed E-state index contributed by atoms with van der Waals surface area (Å²) in [7, 11) is 0. The summed E-state index contributed by atoms with van der Waals surface area (Å²) in [5.41, 5.74) is 3.02. The molecule has 6 rings (SSSR count). The second kappa shape index (κ2) is 6.94. The summed E-state index contributed by atoms with van der Waals surface area (Å²) in [4.78, 5) is 13.6. The Labute approximate surface area is 190 Å². The van der Waals surface area contributed by atoms with Crippen molar-refractivity contribution < 1.29 is 8.78 Å². The number of benzene rings is 1. The maximum Gasteiger partial charge on any atom is 0.160 e. The van der Waals surface area contributed by atoms with E-state index < -0.39 is 17.0 Å². The molecule has 2 bridgehead atoms. The average molecular weight is 441 g/mol. The summed E-state index contributed by atoms with van der Waals surface area (Å²) in [6, 6.07) is 11.4. The predicted molar refractivity (Wildman–Crippen MR) is 119 cm³/mol. The molecule has 5 nitrogen and oxygen atoms in total. The van der Waals surface area contributed by atoms with E-state index in [9.17, 15) is 8.78 Å². The predicted octanol–water partition coefficient (Wildman–Crippen LogP) is 5.48.